The van der Waals surface area contributed by atoms with Crippen LogP contribution in [0, 0.1) is 5.82 Å². The highest BCUT2D eigenvalue weighted by Crippen LogP contribution is 2.39. The van der Waals surface area contributed by atoms with Gasteiger partial charge in [0.1, 0.15) is 11.6 Å². The van der Waals surface area contributed by atoms with Crippen molar-refractivity contribution in [2.75, 3.05) is 6.61 Å². The summed E-state index contributed by atoms with van der Waals surface area (Å²) in [7, 11) is 0. The van der Waals surface area contributed by atoms with Gasteiger partial charge in [0.2, 0.25) is 0 Å². The van der Waals surface area contributed by atoms with Gasteiger partial charge in [0, 0.05) is 22.1 Å². The average Bonchev–Trinajstić information content (AvgIpc) is 2.76. The van der Waals surface area contributed by atoms with Crippen LogP contribution in [0.25, 0.3) is 0 Å². The van der Waals surface area contributed by atoms with Crippen molar-refractivity contribution in [3.05, 3.63) is 63.9 Å². The van der Waals surface area contributed by atoms with E-state index < -0.39 is 5.82 Å². The van der Waals surface area contributed by atoms with Crippen molar-refractivity contribution in [3.8, 4) is 5.75 Å². The van der Waals surface area contributed by atoms with Crippen molar-refractivity contribution >= 4 is 17.4 Å². The van der Waals surface area contributed by atoms with Crippen LogP contribution in [0.2, 0.25) is 5.02 Å². The van der Waals surface area contributed by atoms with Crippen LogP contribution in [0.15, 0.2) is 36.4 Å². The molecule has 0 fully saturated rings. The number of ether oxygens (including phenoxy) is 1. The van der Waals surface area contributed by atoms with Crippen molar-refractivity contribution in [1.82, 2.24) is 0 Å². The molecule has 1 aliphatic heterocycles. The Morgan fingerprint density at radius 1 is 1.19 bits per heavy atom. The van der Waals surface area contributed by atoms with E-state index in [4.69, 9.17) is 16.3 Å². The predicted octanol–water partition coefficient (Wildman–Crippen LogP) is 4.38. The predicted molar refractivity (Wildman–Crippen MR) is 79.8 cm³/mol. The highest BCUT2D eigenvalue weighted by Gasteiger charge is 2.32. The van der Waals surface area contributed by atoms with Crippen LogP contribution >= 0.6 is 11.6 Å². The van der Waals surface area contributed by atoms with E-state index in [0.29, 0.717) is 12.2 Å². The quantitative estimate of drug-likeness (QED) is 0.770. The number of fused-ring (bicyclic) bond motifs is 1. The SMILES string of the molecule is CC1(C)COc2ccc(C(=O)c3ccc(Cl)c(F)c3)cc21. The van der Waals surface area contributed by atoms with E-state index in [1.807, 2.05) is 6.07 Å². The number of ketones is 1. The zero-order valence-electron chi connectivity index (χ0n) is 11.7. The molecule has 21 heavy (non-hydrogen) atoms. The van der Waals surface area contributed by atoms with E-state index >= 15 is 0 Å². The van der Waals surface area contributed by atoms with Gasteiger partial charge < -0.3 is 4.74 Å². The Balaban J connectivity index is 2.01. The molecule has 108 valence electrons. The van der Waals surface area contributed by atoms with Crippen molar-refractivity contribution in [2.45, 2.75) is 19.3 Å². The molecule has 0 unspecified atom stereocenters. The number of hydrogen-bond donors (Lipinski definition) is 0. The Kier molecular flexibility index (Phi) is 3.25. The molecule has 0 atom stereocenters. The molecule has 0 bridgehead atoms. The molecule has 2 aromatic rings. The van der Waals surface area contributed by atoms with Crippen LogP contribution in [0.1, 0.15) is 35.3 Å². The summed E-state index contributed by atoms with van der Waals surface area (Å²) >= 11 is 5.64. The maximum Gasteiger partial charge on any atom is 0.193 e. The molecule has 0 aliphatic carbocycles. The van der Waals surface area contributed by atoms with Crippen LogP contribution in [0.4, 0.5) is 4.39 Å². The molecule has 3 rings (SSSR count). The van der Waals surface area contributed by atoms with E-state index in [1.165, 1.54) is 18.2 Å². The second kappa shape index (κ2) is 4.85. The first kappa shape index (κ1) is 14.1. The lowest BCUT2D eigenvalue weighted by molar-refractivity contribution is 0.103. The molecular formula is C17H14ClFO2. The minimum atomic E-state index is -0.590. The van der Waals surface area contributed by atoms with Gasteiger partial charge in [-0.1, -0.05) is 25.4 Å². The van der Waals surface area contributed by atoms with Crippen molar-refractivity contribution in [1.29, 1.82) is 0 Å². The number of rotatable bonds is 2. The molecule has 2 aromatic carbocycles. The van der Waals surface area contributed by atoms with Crippen molar-refractivity contribution in [2.24, 2.45) is 0 Å². The molecule has 0 saturated carbocycles. The van der Waals surface area contributed by atoms with Crippen LogP contribution < -0.4 is 4.74 Å². The fourth-order valence-corrected chi connectivity index (χ4v) is 2.58. The van der Waals surface area contributed by atoms with Gasteiger partial charge in [0.05, 0.1) is 11.6 Å². The highest BCUT2D eigenvalue weighted by molar-refractivity contribution is 6.30. The number of carbonyl (C=O) groups excluding carboxylic acids is 1. The van der Waals surface area contributed by atoms with Crippen LogP contribution in [-0.4, -0.2) is 12.4 Å². The lowest BCUT2D eigenvalue weighted by Gasteiger charge is -2.15. The van der Waals surface area contributed by atoms with Gasteiger partial charge in [-0.05, 0) is 36.4 Å². The molecule has 0 spiro atoms. The van der Waals surface area contributed by atoms with E-state index in [9.17, 15) is 9.18 Å². The molecule has 2 nitrogen and oxygen atoms in total. The first-order chi connectivity index (χ1) is 9.88. The molecule has 1 heterocycles. The minimum absolute atomic E-state index is 0.00929. The second-order valence-electron chi connectivity index (χ2n) is 5.84. The van der Waals surface area contributed by atoms with E-state index in [-0.39, 0.29) is 21.8 Å². The number of benzene rings is 2. The number of hydrogen-bond acceptors (Lipinski definition) is 2. The molecule has 0 radical (unpaired) electrons. The maximum absolute atomic E-state index is 13.5. The van der Waals surface area contributed by atoms with E-state index in [0.717, 1.165) is 11.3 Å². The topological polar surface area (TPSA) is 26.3 Å². The van der Waals surface area contributed by atoms with Crippen molar-refractivity contribution < 1.29 is 13.9 Å². The zero-order valence-corrected chi connectivity index (χ0v) is 12.5. The summed E-state index contributed by atoms with van der Waals surface area (Å²) < 4.78 is 19.1. The second-order valence-corrected chi connectivity index (χ2v) is 6.25. The Morgan fingerprint density at radius 3 is 2.57 bits per heavy atom. The smallest absolute Gasteiger partial charge is 0.193 e. The molecular weight excluding hydrogens is 291 g/mol. The van der Waals surface area contributed by atoms with Gasteiger partial charge in [-0.3, -0.25) is 4.79 Å². The monoisotopic (exact) mass is 304 g/mol. The third-order valence-electron chi connectivity index (χ3n) is 3.74. The van der Waals surface area contributed by atoms with Gasteiger partial charge in [0.15, 0.2) is 5.78 Å². The largest absolute Gasteiger partial charge is 0.492 e. The normalized spacial score (nSPS) is 15.4. The highest BCUT2D eigenvalue weighted by atomic mass is 35.5. The molecule has 0 N–H and O–H groups in total. The van der Waals surface area contributed by atoms with Gasteiger partial charge in [-0.15, -0.1) is 0 Å². The Bertz CT molecular complexity index is 738. The molecule has 1 aliphatic rings. The molecule has 4 heteroatoms. The maximum atomic E-state index is 13.5. The summed E-state index contributed by atoms with van der Waals surface area (Å²) in [5.74, 6) is -0.0118. The zero-order chi connectivity index (χ0) is 15.2. The van der Waals surface area contributed by atoms with Crippen molar-refractivity contribution in [3.63, 3.8) is 0 Å². The van der Waals surface area contributed by atoms with E-state index in [2.05, 4.69) is 13.8 Å². The van der Waals surface area contributed by atoms with Gasteiger partial charge >= 0.3 is 0 Å². The fourth-order valence-electron chi connectivity index (χ4n) is 2.47. The first-order valence-electron chi connectivity index (χ1n) is 6.65. The number of halogens is 2. The third kappa shape index (κ3) is 2.42. The summed E-state index contributed by atoms with van der Waals surface area (Å²) in [5, 5.41) is 0.00929. The summed E-state index contributed by atoms with van der Waals surface area (Å²) in [6.45, 7) is 4.72. The molecule has 0 aromatic heterocycles. The van der Waals surface area contributed by atoms with Crippen LogP contribution in [-0.2, 0) is 5.41 Å². The molecule has 0 saturated heterocycles. The average molecular weight is 305 g/mol. The third-order valence-corrected chi connectivity index (χ3v) is 4.05. The van der Waals surface area contributed by atoms with Crippen LogP contribution in [0.5, 0.6) is 5.75 Å². The van der Waals surface area contributed by atoms with Gasteiger partial charge in [0.25, 0.3) is 0 Å². The Hall–Kier alpha value is -1.87. The van der Waals surface area contributed by atoms with E-state index in [1.54, 1.807) is 12.1 Å². The lowest BCUT2D eigenvalue weighted by Crippen LogP contribution is -2.18. The Morgan fingerprint density at radius 2 is 1.86 bits per heavy atom. The fraction of sp³-hybridized carbons (Fsp3) is 0.235. The first-order valence-corrected chi connectivity index (χ1v) is 7.03. The minimum Gasteiger partial charge on any atom is -0.492 e. The van der Waals surface area contributed by atoms with Gasteiger partial charge in [-0.2, -0.15) is 0 Å². The Labute approximate surface area is 127 Å². The number of carbonyl (C=O) groups is 1. The van der Waals surface area contributed by atoms with Gasteiger partial charge in [-0.25, -0.2) is 4.39 Å². The molecule has 0 amide bonds. The summed E-state index contributed by atoms with van der Waals surface area (Å²) in [6.07, 6.45) is 0. The summed E-state index contributed by atoms with van der Waals surface area (Å²) in [4.78, 5) is 12.5. The lowest BCUT2D eigenvalue weighted by atomic mass is 9.85. The van der Waals surface area contributed by atoms with Crippen LogP contribution in [0.3, 0.4) is 0 Å². The summed E-state index contributed by atoms with van der Waals surface area (Å²) in [6, 6.07) is 9.42. The summed E-state index contributed by atoms with van der Waals surface area (Å²) in [5.41, 5.74) is 1.68. The standard InChI is InChI=1S/C17H14ClFO2/c1-17(2)9-21-15-6-4-10(7-12(15)17)16(20)11-3-5-13(18)14(19)8-11/h3-8H,9H2,1-2H3.